The monoisotopic (exact) mass is 556 g/mol. The van der Waals surface area contributed by atoms with Gasteiger partial charge < -0.3 is 19.9 Å². The Morgan fingerprint density at radius 3 is 2.35 bits per heavy atom. The van der Waals surface area contributed by atoms with Gasteiger partial charge in [-0.05, 0) is 83.6 Å². The quantitative estimate of drug-likeness (QED) is 0.559. The van der Waals surface area contributed by atoms with Crippen LogP contribution in [0.5, 0.6) is 0 Å². The van der Waals surface area contributed by atoms with Gasteiger partial charge in [-0.2, -0.15) is 18.4 Å². The van der Waals surface area contributed by atoms with E-state index in [4.69, 9.17) is 11.2 Å². The molecule has 1 aliphatic carbocycles. The first kappa shape index (κ1) is 27.8. The lowest BCUT2D eigenvalue weighted by Crippen LogP contribution is -2.58. The van der Waals surface area contributed by atoms with Crippen molar-refractivity contribution in [2.75, 3.05) is 0 Å². The first-order valence-corrected chi connectivity index (χ1v) is 13.4. The molecule has 1 aromatic carbocycles. The maximum Gasteiger partial charge on any atom is 0.416 e. The molecule has 1 spiro atoms. The smallest absolute Gasteiger partial charge is 0.416 e. The lowest BCUT2D eigenvalue weighted by molar-refractivity contribution is -0.138. The average molecular weight is 557 g/mol. The number of ether oxygens (including phenoxy) is 1. The predicted molar refractivity (Wildman–Crippen MR) is 136 cm³/mol. The van der Waals surface area contributed by atoms with E-state index in [9.17, 15) is 32.8 Å². The molecule has 6 atom stereocenters. The first-order chi connectivity index (χ1) is 18.7. The van der Waals surface area contributed by atoms with E-state index in [1.807, 2.05) is 0 Å². The van der Waals surface area contributed by atoms with Gasteiger partial charge in [-0.25, -0.2) is 4.79 Å². The second-order valence-corrected chi connectivity index (χ2v) is 12.2. The number of nitrogens with zero attached hydrogens (tertiary/aromatic N) is 3. The molecule has 2 bridgehead atoms. The molecule has 3 saturated heterocycles. The molecule has 3 unspecified atom stereocenters. The molecular weight excluding hydrogens is 525 g/mol. The Morgan fingerprint density at radius 1 is 1.12 bits per heavy atom. The fraction of sp³-hybridized carbons (Fsp3) is 0.586. The van der Waals surface area contributed by atoms with Gasteiger partial charge in [-0.3, -0.25) is 9.59 Å². The van der Waals surface area contributed by atoms with E-state index in [0.29, 0.717) is 38.5 Å². The van der Waals surface area contributed by atoms with Crippen molar-refractivity contribution in [3.05, 3.63) is 35.4 Å². The fourth-order valence-corrected chi connectivity index (χ4v) is 7.23. The zero-order chi connectivity index (χ0) is 29.3. The maximum atomic E-state index is 14.2. The summed E-state index contributed by atoms with van der Waals surface area (Å²) in [6.07, 6.45) is 3.37. The Hall–Kier alpha value is -3.73. The van der Waals surface area contributed by atoms with Crippen LogP contribution in [0, 0.1) is 29.1 Å². The molecule has 1 saturated carbocycles. The van der Waals surface area contributed by atoms with Gasteiger partial charge in [-0.15, -0.1) is 6.42 Å². The third-order valence-electron chi connectivity index (χ3n) is 8.85. The summed E-state index contributed by atoms with van der Waals surface area (Å²) in [5.74, 6) is 1.70. The molecule has 5 rings (SSSR count). The molecule has 40 heavy (non-hydrogen) atoms. The summed E-state index contributed by atoms with van der Waals surface area (Å²) >= 11 is 0. The normalized spacial score (nSPS) is 31.1. The van der Waals surface area contributed by atoms with Crippen LogP contribution in [0.4, 0.5) is 18.0 Å². The summed E-state index contributed by atoms with van der Waals surface area (Å²) in [5.41, 5.74) is -3.12. The van der Waals surface area contributed by atoms with E-state index in [1.54, 1.807) is 25.7 Å². The molecule has 4 fully saturated rings. The Balaban J connectivity index is 1.47. The van der Waals surface area contributed by atoms with E-state index in [0.717, 1.165) is 12.1 Å². The van der Waals surface area contributed by atoms with Crippen LogP contribution in [0.15, 0.2) is 24.3 Å². The number of piperidine rings is 1. The minimum Gasteiger partial charge on any atom is -0.444 e. The lowest BCUT2D eigenvalue weighted by atomic mass is 9.81. The number of alkyl halides is 3. The summed E-state index contributed by atoms with van der Waals surface area (Å²) in [7, 11) is 0. The first-order valence-electron chi connectivity index (χ1n) is 13.4. The summed E-state index contributed by atoms with van der Waals surface area (Å²) in [6, 6.07) is 3.56. The van der Waals surface area contributed by atoms with Gasteiger partial charge in [0.15, 0.2) is 0 Å². The highest BCUT2D eigenvalue weighted by Gasteiger charge is 2.83. The molecule has 11 heteroatoms. The van der Waals surface area contributed by atoms with Gasteiger partial charge in [0.2, 0.25) is 5.91 Å². The third-order valence-corrected chi connectivity index (χ3v) is 8.85. The number of rotatable bonds is 4. The second-order valence-electron chi connectivity index (χ2n) is 12.2. The predicted octanol–water partition coefficient (Wildman–Crippen LogP) is 4.25. The fourth-order valence-electron chi connectivity index (χ4n) is 7.23. The Labute approximate surface area is 230 Å². The van der Waals surface area contributed by atoms with Crippen molar-refractivity contribution in [3.8, 4) is 18.4 Å². The number of carbonyl (C=O) groups excluding carboxylic acids is 3. The molecule has 1 aromatic rings. The molecule has 3 aliphatic heterocycles. The van der Waals surface area contributed by atoms with Gasteiger partial charge in [0.05, 0.1) is 23.2 Å². The maximum absolute atomic E-state index is 14.2. The topological polar surface area (TPSA) is 103 Å². The minimum absolute atomic E-state index is 0.126. The SMILES string of the molecule is C#C[C@H]1CC[C@@H](C#N)N1C(=O)[C@@H](NC(=O)OC(C)(C)C)C12CC3CCC1(C2)N3C(=O)c1ccc(C(F)(F)F)cc1. The summed E-state index contributed by atoms with van der Waals surface area (Å²) in [6.45, 7) is 5.09. The van der Waals surface area contributed by atoms with Gasteiger partial charge in [0, 0.05) is 17.0 Å². The number of hydrogen-bond donors (Lipinski definition) is 1. The van der Waals surface area contributed by atoms with Crippen molar-refractivity contribution in [3.63, 3.8) is 0 Å². The number of likely N-dealkylation sites (tertiary alicyclic amines) is 1. The Bertz CT molecular complexity index is 1300. The average Bonchev–Trinajstić information content (AvgIpc) is 3.11. The molecule has 1 N–H and O–H groups in total. The largest absolute Gasteiger partial charge is 0.444 e. The van der Waals surface area contributed by atoms with E-state index < -0.39 is 64.3 Å². The molecule has 8 nitrogen and oxygen atoms in total. The number of fused-ring (bicyclic) bond motifs is 1. The van der Waals surface area contributed by atoms with Crippen LogP contribution < -0.4 is 5.32 Å². The summed E-state index contributed by atoms with van der Waals surface area (Å²) < 4.78 is 44.7. The van der Waals surface area contributed by atoms with E-state index in [1.165, 1.54) is 17.0 Å². The highest BCUT2D eigenvalue weighted by atomic mass is 19.4. The second kappa shape index (κ2) is 9.15. The van der Waals surface area contributed by atoms with Crippen molar-refractivity contribution < 1.29 is 32.3 Å². The number of carbonyl (C=O) groups is 3. The molecule has 3 amide bonds. The standard InChI is InChI=1S/C29H31F3N4O4/c1-5-19-10-11-21(15-33)35(19)24(38)22(34-25(39)40-26(2,3)4)27-14-20-12-13-28(27,16-27)36(20)23(37)17-6-8-18(9-7-17)29(30,31)32/h1,6-9,19-22H,10-14,16H2,2-4H3,(H,34,39)/t19-,20?,21-,22+,27?,28?/m0/s1. The van der Waals surface area contributed by atoms with Crippen LogP contribution in [-0.4, -0.2) is 63.0 Å². The van der Waals surface area contributed by atoms with E-state index >= 15 is 0 Å². The van der Waals surface area contributed by atoms with Gasteiger partial charge in [0.1, 0.15) is 17.7 Å². The highest BCUT2D eigenvalue weighted by Crippen LogP contribution is 2.76. The number of halogens is 3. The summed E-state index contributed by atoms with van der Waals surface area (Å²) in [5, 5.41) is 12.5. The molecule has 4 aliphatic rings. The summed E-state index contributed by atoms with van der Waals surface area (Å²) in [4.78, 5) is 43.9. The van der Waals surface area contributed by atoms with E-state index in [-0.39, 0.29) is 11.6 Å². The number of hydrogen-bond acceptors (Lipinski definition) is 5. The molecule has 3 heterocycles. The molecule has 0 aromatic heterocycles. The number of nitrogens with one attached hydrogen (secondary N) is 1. The van der Waals surface area contributed by atoms with Crippen molar-refractivity contribution in [2.24, 2.45) is 5.41 Å². The molecule has 212 valence electrons. The van der Waals surface area contributed by atoms with Crippen LogP contribution in [-0.2, 0) is 15.7 Å². The highest BCUT2D eigenvalue weighted by molar-refractivity contribution is 5.97. The zero-order valence-electron chi connectivity index (χ0n) is 22.5. The number of alkyl carbamates (subject to hydrolysis) is 1. The zero-order valence-corrected chi connectivity index (χ0v) is 22.5. The van der Waals surface area contributed by atoms with Crippen molar-refractivity contribution >= 4 is 17.9 Å². The van der Waals surface area contributed by atoms with Crippen molar-refractivity contribution in [1.29, 1.82) is 5.26 Å². The van der Waals surface area contributed by atoms with Crippen LogP contribution in [0.3, 0.4) is 0 Å². The van der Waals surface area contributed by atoms with Crippen LogP contribution >= 0.6 is 0 Å². The third kappa shape index (κ3) is 4.27. The van der Waals surface area contributed by atoms with Gasteiger partial charge in [0.25, 0.3) is 5.91 Å². The molecular formula is C29H31F3N4O4. The Kier molecular flexibility index (Phi) is 6.37. The van der Waals surface area contributed by atoms with Gasteiger partial charge in [-0.1, -0.05) is 5.92 Å². The number of nitriles is 1. The van der Waals surface area contributed by atoms with Crippen LogP contribution in [0.1, 0.15) is 75.2 Å². The Morgan fingerprint density at radius 2 is 1.77 bits per heavy atom. The lowest BCUT2D eigenvalue weighted by Gasteiger charge is -2.35. The molecule has 0 radical (unpaired) electrons. The number of benzene rings is 1. The van der Waals surface area contributed by atoms with Crippen LogP contribution in [0.25, 0.3) is 0 Å². The van der Waals surface area contributed by atoms with Crippen molar-refractivity contribution in [2.45, 2.75) is 101 Å². The van der Waals surface area contributed by atoms with E-state index in [2.05, 4.69) is 17.3 Å². The van der Waals surface area contributed by atoms with Gasteiger partial charge >= 0.3 is 12.3 Å². The van der Waals surface area contributed by atoms with Crippen LogP contribution in [0.2, 0.25) is 0 Å². The minimum atomic E-state index is -4.52. The number of terminal acetylenes is 1. The van der Waals surface area contributed by atoms with Crippen molar-refractivity contribution in [1.82, 2.24) is 15.1 Å². The number of amides is 3.